The van der Waals surface area contributed by atoms with Crippen LogP contribution in [-0.4, -0.2) is 6.10 Å². The van der Waals surface area contributed by atoms with Crippen molar-refractivity contribution in [3.8, 4) is 5.75 Å². The van der Waals surface area contributed by atoms with Crippen LogP contribution in [0.1, 0.15) is 50.5 Å². The molecule has 0 unspecified atom stereocenters. The molecule has 0 aliphatic heterocycles. The predicted octanol–water partition coefficient (Wildman–Crippen LogP) is 4.11. The van der Waals surface area contributed by atoms with E-state index in [1.54, 1.807) is 0 Å². The summed E-state index contributed by atoms with van der Waals surface area (Å²) in [6.45, 7) is 0. The quantitative estimate of drug-likeness (QED) is 0.912. The van der Waals surface area contributed by atoms with Gasteiger partial charge in [0.25, 0.3) is 0 Å². The molecule has 3 heteroatoms. The van der Waals surface area contributed by atoms with Gasteiger partial charge in [-0.15, -0.1) is 0 Å². The Hall–Kier alpha value is -0.540. The molecule has 1 aromatic rings. The summed E-state index contributed by atoms with van der Waals surface area (Å²) in [7, 11) is 0. The Kier molecular flexibility index (Phi) is 3.37. The normalized spacial score (nSPS) is 22.8. The summed E-state index contributed by atoms with van der Waals surface area (Å²) in [5.74, 6) is 1.00. The van der Waals surface area contributed by atoms with E-state index in [4.69, 9.17) is 10.5 Å². The number of nitrogens with two attached hydrogens (primary N) is 1. The molecule has 2 aliphatic rings. The van der Waals surface area contributed by atoms with Crippen LogP contribution in [0.3, 0.4) is 0 Å². The van der Waals surface area contributed by atoms with Crippen molar-refractivity contribution < 1.29 is 4.74 Å². The molecule has 0 bridgehead atoms. The zero-order valence-corrected chi connectivity index (χ0v) is 12.2. The molecule has 0 radical (unpaired) electrons. The first kappa shape index (κ1) is 12.5. The molecule has 2 saturated carbocycles. The van der Waals surface area contributed by atoms with Crippen LogP contribution < -0.4 is 10.5 Å². The summed E-state index contributed by atoms with van der Waals surface area (Å²) in [5, 5.41) is 0. The van der Waals surface area contributed by atoms with Gasteiger partial charge >= 0.3 is 0 Å². The Bertz CT molecular complexity index is 436. The summed E-state index contributed by atoms with van der Waals surface area (Å²) < 4.78 is 7.12. The molecule has 0 aromatic heterocycles. The van der Waals surface area contributed by atoms with Crippen molar-refractivity contribution in [1.82, 2.24) is 0 Å². The molecule has 2 nitrogen and oxygen atoms in total. The molecule has 0 heterocycles. The number of ether oxygens (including phenoxy) is 1. The van der Waals surface area contributed by atoms with Crippen molar-refractivity contribution in [2.75, 3.05) is 0 Å². The summed E-state index contributed by atoms with van der Waals surface area (Å²) in [6.07, 6.45) is 8.72. The molecular formula is C15H20BrNO. The first-order valence-electron chi connectivity index (χ1n) is 6.93. The monoisotopic (exact) mass is 309 g/mol. The van der Waals surface area contributed by atoms with E-state index in [-0.39, 0.29) is 5.54 Å². The standard InChI is InChI=1S/C15H20BrNO/c16-11-4-7-14(18-12-5-6-12)13(10-11)15(17)8-2-1-3-9-15/h4,7,10,12H,1-3,5-6,8-9,17H2. The van der Waals surface area contributed by atoms with Gasteiger partial charge in [-0.2, -0.15) is 0 Å². The van der Waals surface area contributed by atoms with Crippen LogP contribution in [0, 0.1) is 0 Å². The molecule has 0 saturated heterocycles. The maximum atomic E-state index is 6.65. The fourth-order valence-corrected chi connectivity index (χ4v) is 3.17. The molecule has 0 amide bonds. The third kappa shape index (κ3) is 2.57. The van der Waals surface area contributed by atoms with Gasteiger partial charge in [-0.3, -0.25) is 0 Å². The number of benzene rings is 1. The highest BCUT2D eigenvalue weighted by atomic mass is 79.9. The van der Waals surface area contributed by atoms with Gasteiger partial charge in [-0.05, 0) is 43.9 Å². The Morgan fingerprint density at radius 3 is 2.56 bits per heavy atom. The minimum atomic E-state index is -0.188. The van der Waals surface area contributed by atoms with Crippen molar-refractivity contribution in [2.24, 2.45) is 5.73 Å². The lowest BCUT2D eigenvalue weighted by Gasteiger charge is -2.35. The summed E-state index contributed by atoms with van der Waals surface area (Å²) in [5.41, 5.74) is 7.65. The zero-order chi connectivity index (χ0) is 12.6. The van der Waals surface area contributed by atoms with Crippen molar-refractivity contribution in [3.63, 3.8) is 0 Å². The smallest absolute Gasteiger partial charge is 0.124 e. The fourth-order valence-electron chi connectivity index (χ4n) is 2.81. The van der Waals surface area contributed by atoms with E-state index in [1.165, 1.54) is 37.7 Å². The molecule has 1 aromatic carbocycles. The van der Waals surface area contributed by atoms with Crippen LogP contribution in [0.5, 0.6) is 5.75 Å². The van der Waals surface area contributed by atoms with Gasteiger partial charge in [-0.25, -0.2) is 0 Å². The van der Waals surface area contributed by atoms with Crippen LogP contribution in [0.4, 0.5) is 0 Å². The lowest BCUT2D eigenvalue weighted by atomic mass is 9.77. The van der Waals surface area contributed by atoms with Gasteiger partial charge in [0.2, 0.25) is 0 Å². The van der Waals surface area contributed by atoms with Crippen LogP contribution in [0.25, 0.3) is 0 Å². The van der Waals surface area contributed by atoms with Gasteiger partial charge in [0, 0.05) is 15.6 Å². The zero-order valence-electron chi connectivity index (χ0n) is 10.6. The van der Waals surface area contributed by atoms with Gasteiger partial charge in [0.05, 0.1) is 6.10 Å². The largest absolute Gasteiger partial charge is 0.490 e. The van der Waals surface area contributed by atoms with E-state index in [9.17, 15) is 0 Å². The van der Waals surface area contributed by atoms with Gasteiger partial charge in [-0.1, -0.05) is 35.2 Å². The summed E-state index contributed by atoms with van der Waals surface area (Å²) >= 11 is 3.56. The molecule has 2 fully saturated rings. The van der Waals surface area contributed by atoms with E-state index in [0.717, 1.165) is 23.1 Å². The Morgan fingerprint density at radius 1 is 1.17 bits per heavy atom. The van der Waals surface area contributed by atoms with Crippen molar-refractivity contribution in [3.05, 3.63) is 28.2 Å². The minimum Gasteiger partial charge on any atom is -0.490 e. The molecule has 98 valence electrons. The Balaban J connectivity index is 1.93. The lowest BCUT2D eigenvalue weighted by molar-refractivity contribution is 0.263. The highest BCUT2D eigenvalue weighted by molar-refractivity contribution is 9.10. The molecule has 2 aliphatic carbocycles. The second kappa shape index (κ2) is 4.86. The van der Waals surface area contributed by atoms with Crippen molar-refractivity contribution in [2.45, 2.75) is 56.6 Å². The average molecular weight is 310 g/mol. The van der Waals surface area contributed by atoms with E-state index in [0.29, 0.717) is 6.10 Å². The maximum absolute atomic E-state index is 6.65. The van der Waals surface area contributed by atoms with E-state index < -0.39 is 0 Å². The van der Waals surface area contributed by atoms with Gasteiger partial charge in [0.15, 0.2) is 0 Å². The fraction of sp³-hybridized carbons (Fsp3) is 0.600. The first-order valence-corrected chi connectivity index (χ1v) is 7.72. The molecule has 18 heavy (non-hydrogen) atoms. The molecule has 0 atom stereocenters. The van der Waals surface area contributed by atoms with E-state index in [1.807, 2.05) is 6.07 Å². The molecule has 3 rings (SSSR count). The maximum Gasteiger partial charge on any atom is 0.124 e. The summed E-state index contributed by atoms with van der Waals surface area (Å²) in [6, 6.07) is 6.28. The Labute approximate surface area is 117 Å². The van der Waals surface area contributed by atoms with Crippen LogP contribution >= 0.6 is 15.9 Å². The average Bonchev–Trinajstić information content (AvgIpc) is 3.16. The second-order valence-corrected chi connectivity index (χ2v) is 6.59. The molecule has 2 N–H and O–H groups in total. The third-order valence-corrected chi connectivity index (χ3v) is 4.54. The Morgan fingerprint density at radius 2 is 1.89 bits per heavy atom. The van der Waals surface area contributed by atoms with Crippen LogP contribution in [0.2, 0.25) is 0 Å². The van der Waals surface area contributed by atoms with E-state index in [2.05, 4.69) is 28.1 Å². The van der Waals surface area contributed by atoms with Crippen LogP contribution in [0.15, 0.2) is 22.7 Å². The topological polar surface area (TPSA) is 35.2 Å². The third-order valence-electron chi connectivity index (χ3n) is 4.04. The SMILES string of the molecule is NC1(c2cc(Br)ccc2OC2CC2)CCCCC1. The summed E-state index contributed by atoms with van der Waals surface area (Å²) in [4.78, 5) is 0. The highest BCUT2D eigenvalue weighted by Gasteiger charge is 2.34. The van der Waals surface area contributed by atoms with E-state index >= 15 is 0 Å². The number of rotatable bonds is 3. The van der Waals surface area contributed by atoms with Crippen molar-refractivity contribution in [1.29, 1.82) is 0 Å². The number of halogens is 1. The van der Waals surface area contributed by atoms with Gasteiger partial charge in [0.1, 0.15) is 5.75 Å². The number of hydrogen-bond acceptors (Lipinski definition) is 2. The highest BCUT2D eigenvalue weighted by Crippen LogP contribution is 2.42. The van der Waals surface area contributed by atoms with Crippen molar-refractivity contribution >= 4 is 15.9 Å². The van der Waals surface area contributed by atoms with Gasteiger partial charge < -0.3 is 10.5 Å². The molecule has 0 spiro atoms. The first-order chi connectivity index (χ1) is 8.67. The number of hydrogen-bond donors (Lipinski definition) is 1. The minimum absolute atomic E-state index is 0.188. The molecular weight excluding hydrogens is 290 g/mol. The predicted molar refractivity (Wildman–Crippen MR) is 76.7 cm³/mol. The van der Waals surface area contributed by atoms with Crippen LogP contribution in [-0.2, 0) is 5.54 Å². The lowest BCUT2D eigenvalue weighted by Crippen LogP contribution is -2.39. The second-order valence-electron chi connectivity index (χ2n) is 5.67.